The number of aromatic nitrogens is 2. The van der Waals surface area contributed by atoms with E-state index in [1.54, 1.807) is 0 Å². The molecule has 0 radical (unpaired) electrons. The lowest BCUT2D eigenvalue weighted by atomic mass is 9.87. The summed E-state index contributed by atoms with van der Waals surface area (Å²) in [5.74, 6) is 1.65. The van der Waals surface area contributed by atoms with Crippen molar-refractivity contribution in [2.24, 2.45) is 5.92 Å². The van der Waals surface area contributed by atoms with Crippen LogP contribution >= 0.6 is 0 Å². The molecular weight excluding hydrogens is 298 g/mol. The van der Waals surface area contributed by atoms with Crippen LogP contribution in [0.5, 0.6) is 0 Å². The summed E-state index contributed by atoms with van der Waals surface area (Å²) in [6.07, 6.45) is 3.50. The second-order valence-electron chi connectivity index (χ2n) is 6.75. The van der Waals surface area contributed by atoms with Gasteiger partial charge in [0.15, 0.2) is 5.82 Å². The van der Waals surface area contributed by atoms with Gasteiger partial charge in [0.2, 0.25) is 11.8 Å². The van der Waals surface area contributed by atoms with Crippen molar-refractivity contribution in [2.75, 3.05) is 26.4 Å². The molecule has 7 heteroatoms. The molecule has 0 saturated carbocycles. The summed E-state index contributed by atoms with van der Waals surface area (Å²) in [4.78, 5) is 19.4. The summed E-state index contributed by atoms with van der Waals surface area (Å²) in [5, 5.41) is 3.89. The number of hydrogen-bond acceptors (Lipinski definition) is 6. The van der Waals surface area contributed by atoms with E-state index >= 15 is 0 Å². The minimum atomic E-state index is 0.0688. The van der Waals surface area contributed by atoms with Crippen LogP contribution in [0.4, 0.5) is 0 Å². The monoisotopic (exact) mass is 321 g/mol. The molecule has 1 aromatic rings. The molecule has 0 N–H and O–H groups in total. The van der Waals surface area contributed by atoms with Crippen molar-refractivity contribution in [3.63, 3.8) is 0 Å². The second-order valence-corrected chi connectivity index (χ2v) is 6.75. The molecule has 23 heavy (non-hydrogen) atoms. The van der Waals surface area contributed by atoms with E-state index in [2.05, 4.69) is 10.1 Å². The maximum atomic E-state index is 13.0. The molecule has 0 aliphatic carbocycles. The van der Waals surface area contributed by atoms with Crippen molar-refractivity contribution in [1.82, 2.24) is 15.0 Å². The quantitative estimate of drug-likeness (QED) is 0.816. The topological polar surface area (TPSA) is 77.7 Å². The summed E-state index contributed by atoms with van der Waals surface area (Å²) in [7, 11) is 0. The predicted molar refractivity (Wildman–Crippen MR) is 79.8 cm³/mol. The normalized spacial score (nSPS) is 32.0. The number of rotatable bonds is 2. The highest BCUT2D eigenvalue weighted by atomic mass is 16.5. The Morgan fingerprint density at radius 1 is 1.22 bits per heavy atom. The Kier molecular flexibility index (Phi) is 4.07. The Bertz CT molecular complexity index is 569. The van der Waals surface area contributed by atoms with Crippen molar-refractivity contribution in [3.8, 4) is 0 Å². The standard InChI is InChI=1S/C16H23N3O4/c1-10-17-15(23-18-10)12-8-14-13(4-7-22-14)19(9-12)16(20)11-2-5-21-6-3-11/h11-14H,2-9H2,1H3/t12-,13+,14+/m1/s1. The number of ether oxygens (including phenoxy) is 2. The molecule has 1 aromatic heterocycles. The minimum Gasteiger partial charge on any atom is -0.381 e. The van der Waals surface area contributed by atoms with Crippen LogP contribution in [0.1, 0.15) is 43.3 Å². The van der Waals surface area contributed by atoms with Crippen LogP contribution in [0.3, 0.4) is 0 Å². The molecule has 4 heterocycles. The number of hydrogen-bond donors (Lipinski definition) is 0. The van der Waals surface area contributed by atoms with E-state index in [0.29, 0.717) is 31.5 Å². The lowest BCUT2D eigenvalue weighted by Crippen LogP contribution is -2.53. The van der Waals surface area contributed by atoms with Crippen LogP contribution in [0.15, 0.2) is 4.52 Å². The molecule has 0 bridgehead atoms. The van der Waals surface area contributed by atoms with Crippen LogP contribution in [0.2, 0.25) is 0 Å². The third-order valence-electron chi connectivity index (χ3n) is 5.26. The number of fused-ring (bicyclic) bond motifs is 1. The largest absolute Gasteiger partial charge is 0.381 e. The molecule has 1 amide bonds. The molecule has 126 valence electrons. The third kappa shape index (κ3) is 2.87. The Morgan fingerprint density at radius 2 is 2.04 bits per heavy atom. The van der Waals surface area contributed by atoms with Gasteiger partial charge in [0.1, 0.15) is 0 Å². The summed E-state index contributed by atoms with van der Waals surface area (Å²) in [6, 6.07) is 0.200. The maximum absolute atomic E-state index is 13.0. The number of carbonyl (C=O) groups excluding carboxylic acids is 1. The van der Waals surface area contributed by atoms with Crippen LogP contribution in [-0.2, 0) is 14.3 Å². The number of nitrogens with zero attached hydrogens (tertiary/aromatic N) is 3. The van der Waals surface area contributed by atoms with Crippen molar-refractivity contribution in [1.29, 1.82) is 0 Å². The van der Waals surface area contributed by atoms with Gasteiger partial charge < -0.3 is 18.9 Å². The molecule has 0 spiro atoms. The molecule has 3 aliphatic rings. The van der Waals surface area contributed by atoms with Crippen LogP contribution in [0, 0.1) is 12.8 Å². The van der Waals surface area contributed by atoms with Crippen molar-refractivity contribution in [2.45, 2.75) is 50.7 Å². The smallest absolute Gasteiger partial charge is 0.231 e. The highest BCUT2D eigenvalue weighted by Gasteiger charge is 2.45. The molecule has 3 saturated heterocycles. The Balaban J connectivity index is 1.54. The predicted octanol–water partition coefficient (Wildman–Crippen LogP) is 1.28. The SMILES string of the molecule is Cc1noc([C@@H]2C[C@@H]3OCC[C@@H]3N(C(=O)C3CCOCC3)C2)n1. The minimum absolute atomic E-state index is 0.0688. The fourth-order valence-electron chi connectivity index (χ4n) is 4.04. The van der Waals surface area contributed by atoms with E-state index in [0.717, 1.165) is 32.3 Å². The number of amides is 1. The fourth-order valence-corrected chi connectivity index (χ4v) is 4.04. The van der Waals surface area contributed by atoms with Gasteiger partial charge in [-0.25, -0.2) is 0 Å². The Labute approximate surface area is 135 Å². The highest BCUT2D eigenvalue weighted by Crippen LogP contribution is 2.37. The van der Waals surface area contributed by atoms with Crippen LogP contribution in [-0.4, -0.2) is 59.5 Å². The number of carbonyl (C=O) groups is 1. The van der Waals surface area contributed by atoms with Crippen molar-refractivity contribution < 1.29 is 18.8 Å². The molecule has 7 nitrogen and oxygen atoms in total. The second kappa shape index (κ2) is 6.20. The van der Waals surface area contributed by atoms with Gasteiger partial charge in [0, 0.05) is 32.3 Å². The first kappa shape index (κ1) is 15.1. The summed E-state index contributed by atoms with van der Waals surface area (Å²) in [6.45, 7) is 4.56. The number of aryl methyl sites for hydroxylation is 1. The van der Waals surface area contributed by atoms with Gasteiger partial charge in [-0.1, -0.05) is 5.16 Å². The lowest BCUT2D eigenvalue weighted by molar-refractivity contribution is -0.145. The van der Waals surface area contributed by atoms with E-state index < -0.39 is 0 Å². The van der Waals surface area contributed by atoms with E-state index in [-0.39, 0.29) is 29.9 Å². The third-order valence-corrected chi connectivity index (χ3v) is 5.26. The Hall–Kier alpha value is -1.47. The zero-order valence-corrected chi connectivity index (χ0v) is 13.4. The van der Waals surface area contributed by atoms with Crippen LogP contribution < -0.4 is 0 Å². The fraction of sp³-hybridized carbons (Fsp3) is 0.812. The van der Waals surface area contributed by atoms with Gasteiger partial charge in [-0.15, -0.1) is 0 Å². The zero-order chi connectivity index (χ0) is 15.8. The van der Waals surface area contributed by atoms with Gasteiger partial charge in [0.25, 0.3) is 0 Å². The summed E-state index contributed by atoms with van der Waals surface area (Å²) >= 11 is 0. The Morgan fingerprint density at radius 3 is 2.78 bits per heavy atom. The first-order valence-corrected chi connectivity index (χ1v) is 8.52. The molecule has 0 unspecified atom stereocenters. The average molecular weight is 321 g/mol. The van der Waals surface area contributed by atoms with E-state index in [1.165, 1.54) is 0 Å². The maximum Gasteiger partial charge on any atom is 0.231 e. The van der Waals surface area contributed by atoms with Gasteiger partial charge in [-0.05, 0) is 32.6 Å². The van der Waals surface area contributed by atoms with E-state index in [4.69, 9.17) is 14.0 Å². The van der Waals surface area contributed by atoms with Crippen molar-refractivity contribution in [3.05, 3.63) is 11.7 Å². The average Bonchev–Trinajstić information content (AvgIpc) is 3.22. The molecule has 0 aromatic carbocycles. The van der Waals surface area contributed by atoms with Gasteiger partial charge in [-0.3, -0.25) is 4.79 Å². The molecule has 3 fully saturated rings. The number of likely N-dealkylation sites (tertiary alicyclic amines) is 1. The zero-order valence-electron chi connectivity index (χ0n) is 13.4. The summed E-state index contributed by atoms with van der Waals surface area (Å²) in [5.41, 5.74) is 0. The molecule has 3 aliphatic heterocycles. The van der Waals surface area contributed by atoms with E-state index in [9.17, 15) is 4.79 Å². The van der Waals surface area contributed by atoms with Crippen molar-refractivity contribution >= 4 is 5.91 Å². The number of piperidine rings is 1. The molecule has 4 rings (SSSR count). The van der Waals surface area contributed by atoms with Gasteiger partial charge in [-0.2, -0.15) is 4.98 Å². The molecule has 3 atom stereocenters. The highest BCUT2D eigenvalue weighted by molar-refractivity contribution is 5.79. The van der Waals surface area contributed by atoms with Crippen LogP contribution in [0.25, 0.3) is 0 Å². The lowest BCUT2D eigenvalue weighted by Gasteiger charge is -2.41. The first-order valence-electron chi connectivity index (χ1n) is 8.52. The first-order chi connectivity index (χ1) is 11.2. The van der Waals surface area contributed by atoms with E-state index in [1.807, 2.05) is 11.8 Å². The van der Waals surface area contributed by atoms with Gasteiger partial charge >= 0.3 is 0 Å². The molecular formula is C16H23N3O4. The summed E-state index contributed by atoms with van der Waals surface area (Å²) < 4.78 is 16.6. The van der Waals surface area contributed by atoms with Gasteiger partial charge in [0.05, 0.1) is 18.1 Å².